The standard InChI is InChI=1S/C14H15FN4O3/c1-2-10-12(15)13(17-8-16-10)21-9-4-6-19(7-9)14(20)11-3-5-18-22-11/h3,5,8-9H,2,4,6-7H2,1H3. The Bertz CT molecular complexity index is 662. The van der Waals surface area contributed by atoms with Gasteiger partial charge in [0.2, 0.25) is 11.6 Å². The third kappa shape index (κ3) is 2.76. The summed E-state index contributed by atoms with van der Waals surface area (Å²) in [5, 5.41) is 3.51. The largest absolute Gasteiger partial charge is 0.470 e. The highest BCUT2D eigenvalue weighted by molar-refractivity contribution is 5.91. The Kier molecular flexibility index (Phi) is 3.99. The zero-order chi connectivity index (χ0) is 15.5. The molecule has 7 nitrogen and oxygen atoms in total. The number of hydrogen-bond donors (Lipinski definition) is 0. The summed E-state index contributed by atoms with van der Waals surface area (Å²) in [4.78, 5) is 21.4. The fraction of sp³-hybridized carbons (Fsp3) is 0.429. The zero-order valence-electron chi connectivity index (χ0n) is 12.0. The minimum absolute atomic E-state index is 0.0641. The van der Waals surface area contributed by atoms with Gasteiger partial charge in [0.15, 0.2) is 0 Å². The van der Waals surface area contributed by atoms with E-state index >= 15 is 0 Å². The van der Waals surface area contributed by atoms with E-state index in [2.05, 4.69) is 15.1 Å². The summed E-state index contributed by atoms with van der Waals surface area (Å²) in [7, 11) is 0. The molecule has 1 unspecified atom stereocenters. The van der Waals surface area contributed by atoms with Crippen molar-refractivity contribution < 1.29 is 18.4 Å². The molecular weight excluding hydrogens is 291 g/mol. The number of carbonyl (C=O) groups is 1. The van der Waals surface area contributed by atoms with Gasteiger partial charge < -0.3 is 14.2 Å². The van der Waals surface area contributed by atoms with E-state index in [-0.39, 0.29) is 23.7 Å². The van der Waals surface area contributed by atoms with Crippen molar-refractivity contribution in [2.45, 2.75) is 25.9 Å². The van der Waals surface area contributed by atoms with E-state index in [1.807, 2.05) is 6.92 Å². The van der Waals surface area contributed by atoms with Crippen molar-refractivity contribution in [1.29, 1.82) is 0 Å². The molecule has 1 aliphatic rings. The van der Waals surface area contributed by atoms with Gasteiger partial charge in [-0.1, -0.05) is 12.1 Å². The predicted octanol–water partition coefficient (Wildman–Crippen LogP) is 1.46. The molecule has 1 atom stereocenters. The van der Waals surface area contributed by atoms with Crippen molar-refractivity contribution in [2.75, 3.05) is 13.1 Å². The van der Waals surface area contributed by atoms with E-state index in [4.69, 9.17) is 9.26 Å². The first kappa shape index (κ1) is 14.4. The Balaban J connectivity index is 1.65. The van der Waals surface area contributed by atoms with Gasteiger partial charge in [-0.2, -0.15) is 9.37 Å². The van der Waals surface area contributed by atoms with Crippen LogP contribution in [-0.2, 0) is 6.42 Å². The van der Waals surface area contributed by atoms with E-state index < -0.39 is 5.82 Å². The Hall–Kier alpha value is -2.51. The van der Waals surface area contributed by atoms with Crippen LogP contribution >= 0.6 is 0 Å². The number of rotatable bonds is 4. The molecule has 8 heteroatoms. The van der Waals surface area contributed by atoms with Crippen LogP contribution in [0, 0.1) is 5.82 Å². The molecular formula is C14H15FN4O3. The molecule has 0 bridgehead atoms. The molecule has 2 aromatic heterocycles. The number of likely N-dealkylation sites (tertiary alicyclic amines) is 1. The van der Waals surface area contributed by atoms with Crippen LogP contribution in [0.3, 0.4) is 0 Å². The van der Waals surface area contributed by atoms with Crippen LogP contribution in [0.2, 0.25) is 0 Å². The van der Waals surface area contributed by atoms with Crippen molar-refractivity contribution in [2.24, 2.45) is 0 Å². The smallest absolute Gasteiger partial charge is 0.292 e. The number of carbonyl (C=O) groups excluding carboxylic acids is 1. The quantitative estimate of drug-likeness (QED) is 0.850. The first-order valence-corrected chi connectivity index (χ1v) is 7.05. The van der Waals surface area contributed by atoms with Gasteiger partial charge >= 0.3 is 0 Å². The molecule has 116 valence electrons. The lowest BCUT2D eigenvalue weighted by atomic mass is 10.3. The van der Waals surface area contributed by atoms with Crippen molar-refractivity contribution >= 4 is 5.91 Å². The van der Waals surface area contributed by atoms with Gasteiger partial charge in [0.05, 0.1) is 18.4 Å². The van der Waals surface area contributed by atoms with Crippen LogP contribution in [-0.4, -0.2) is 45.1 Å². The minimum atomic E-state index is -0.537. The summed E-state index contributed by atoms with van der Waals surface area (Å²) in [5.74, 6) is -0.668. The SMILES string of the molecule is CCc1ncnc(OC2CCN(C(=O)c3ccno3)C2)c1F. The number of aromatic nitrogens is 3. The molecule has 1 aliphatic heterocycles. The average Bonchev–Trinajstić information content (AvgIpc) is 3.20. The molecule has 22 heavy (non-hydrogen) atoms. The Morgan fingerprint density at radius 1 is 1.55 bits per heavy atom. The number of aryl methyl sites for hydroxylation is 1. The first-order valence-electron chi connectivity index (χ1n) is 7.05. The molecule has 1 amide bonds. The first-order chi connectivity index (χ1) is 10.7. The second kappa shape index (κ2) is 6.08. The predicted molar refractivity (Wildman–Crippen MR) is 72.8 cm³/mol. The van der Waals surface area contributed by atoms with Crippen LogP contribution in [0.1, 0.15) is 29.6 Å². The average molecular weight is 306 g/mol. The highest BCUT2D eigenvalue weighted by Crippen LogP contribution is 2.21. The highest BCUT2D eigenvalue weighted by Gasteiger charge is 2.30. The number of hydrogen-bond acceptors (Lipinski definition) is 6. The molecule has 0 saturated carbocycles. The van der Waals surface area contributed by atoms with Gasteiger partial charge in [0.25, 0.3) is 11.8 Å². The van der Waals surface area contributed by atoms with E-state index in [0.717, 1.165) is 0 Å². The molecule has 0 spiro atoms. The fourth-order valence-corrected chi connectivity index (χ4v) is 2.37. The van der Waals surface area contributed by atoms with Crippen molar-refractivity contribution in [3.05, 3.63) is 35.9 Å². The molecule has 0 aromatic carbocycles. The summed E-state index contributed by atoms with van der Waals surface area (Å²) in [6.07, 6.45) is 3.46. The Labute approximate surface area is 126 Å². The molecule has 0 aliphatic carbocycles. The fourth-order valence-electron chi connectivity index (χ4n) is 2.37. The lowest BCUT2D eigenvalue weighted by Crippen LogP contribution is -2.30. The lowest BCUT2D eigenvalue weighted by molar-refractivity contribution is 0.0729. The Morgan fingerprint density at radius 2 is 2.41 bits per heavy atom. The summed E-state index contributed by atoms with van der Waals surface area (Å²) in [6, 6.07) is 1.51. The molecule has 0 N–H and O–H groups in total. The van der Waals surface area contributed by atoms with E-state index in [1.165, 1.54) is 18.6 Å². The maximum Gasteiger partial charge on any atom is 0.292 e. The van der Waals surface area contributed by atoms with Gasteiger partial charge in [-0.15, -0.1) is 0 Å². The van der Waals surface area contributed by atoms with Crippen molar-refractivity contribution in [3.8, 4) is 5.88 Å². The lowest BCUT2D eigenvalue weighted by Gasteiger charge is -2.16. The second-order valence-corrected chi connectivity index (χ2v) is 4.95. The normalized spacial score (nSPS) is 17.7. The van der Waals surface area contributed by atoms with E-state index in [9.17, 15) is 9.18 Å². The third-order valence-electron chi connectivity index (χ3n) is 3.52. The molecule has 0 radical (unpaired) electrons. The van der Waals surface area contributed by atoms with Gasteiger partial charge in [-0.05, 0) is 6.42 Å². The van der Waals surface area contributed by atoms with Gasteiger partial charge in [-0.25, -0.2) is 4.98 Å². The second-order valence-electron chi connectivity index (χ2n) is 4.95. The molecule has 1 fully saturated rings. The summed E-state index contributed by atoms with van der Waals surface area (Å²) >= 11 is 0. The van der Waals surface area contributed by atoms with Crippen LogP contribution in [0.5, 0.6) is 5.88 Å². The van der Waals surface area contributed by atoms with E-state index in [1.54, 1.807) is 4.90 Å². The topological polar surface area (TPSA) is 81.4 Å². The maximum atomic E-state index is 14.1. The number of nitrogens with zero attached hydrogens (tertiary/aromatic N) is 4. The summed E-state index contributed by atoms with van der Waals surface area (Å²) < 4.78 is 24.5. The van der Waals surface area contributed by atoms with Crippen LogP contribution in [0.25, 0.3) is 0 Å². The summed E-state index contributed by atoms with van der Waals surface area (Å²) in [6.45, 7) is 2.67. The molecule has 3 rings (SSSR count). The van der Waals surface area contributed by atoms with E-state index in [0.29, 0.717) is 31.6 Å². The van der Waals surface area contributed by atoms with Crippen molar-refractivity contribution in [1.82, 2.24) is 20.0 Å². The van der Waals surface area contributed by atoms with Crippen LogP contribution in [0.4, 0.5) is 4.39 Å². The summed E-state index contributed by atoms with van der Waals surface area (Å²) in [5.41, 5.74) is 0.317. The van der Waals surface area contributed by atoms with Gasteiger partial charge in [0, 0.05) is 19.0 Å². The van der Waals surface area contributed by atoms with Gasteiger partial charge in [0.1, 0.15) is 12.4 Å². The van der Waals surface area contributed by atoms with Crippen LogP contribution < -0.4 is 4.74 Å². The highest BCUT2D eigenvalue weighted by atomic mass is 19.1. The maximum absolute atomic E-state index is 14.1. The Morgan fingerprint density at radius 3 is 3.14 bits per heavy atom. The molecule has 3 heterocycles. The number of amides is 1. The molecule has 1 saturated heterocycles. The minimum Gasteiger partial charge on any atom is -0.470 e. The molecule has 2 aromatic rings. The third-order valence-corrected chi connectivity index (χ3v) is 3.52. The van der Waals surface area contributed by atoms with Crippen molar-refractivity contribution in [3.63, 3.8) is 0 Å². The number of ether oxygens (including phenoxy) is 1. The van der Waals surface area contributed by atoms with Crippen LogP contribution in [0.15, 0.2) is 23.1 Å². The zero-order valence-corrected chi connectivity index (χ0v) is 12.0. The monoisotopic (exact) mass is 306 g/mol. The number of halogens is 1. The van der Waals surface area contributed by atoms with Gasteiger partial charge in [-0.3, -0.25) is 4.79 Å².